The SMILES string of the molecule is C/C(=C\CC(CO[Si](C)(C)C(C)(C)C)Cc1ccccc1)c1ccc2ccccc2c1. The van der Waals surface area contributed by atoms with Gasteiger partial charge in [-0.25, -0.2) is 0 Å². The standard InChI is InChI=1S/C29H38OSi/c1-23(27-19-18-26-14-10-11-15-28(26)21-27)16-17-25(20-24-12-8-7-9-13-24)22-30-31(5,6)29(2,3)4/h7-16,18-19,21,25H,17,20,22H2,1-6H3/b23-16+. The third-order valence-corrected chi connectivity index (χ3v) is 11.3. The van der Waals surface area contributed by atoms with E-state index in [4.69, 9.17) is 4.43 Å². The van der Waals surface area contributed by atoms with Gasteiger partial charge in [-0.2, -0.15) is 0 Å². The zero-order valence-corrected chi connectivity index (χ0v) is 21.1. The van der Waals surface area contributed by atoms with Gasteiger partial charge in [0.15, 0.2) is 8.32 Å². The monoisotopic (exact) mass is 430 g/mol. The van der Waals surface area contributed by atoms with Crippen LogP contribution in [-0.2, 0) is 10.8 Å². The third kappa shape index (κ3) is 6.41. The van der Waals surface area contributed by atoms with Crippen LogP contribution in [0.2, 0.25) is 18.1 Å². The zero-order chi connectivity index (χ0) is 22.5. The van der Waals surface area contributed by atoms with Crippen molar-refractivity contribution in [2.45, 2.75) is 58.7 Å². The summed E-state index contributed by atoms with van der Waals surface area (Å²) in [6, 6.07) is 26.2. The van der Waals surface area contributed by atoms with E-state index >= 15 is 0 Å². The van der Waals surface area contributed by atoms with Gasteiger partial charge < -0.3 is 4.43 Å². The van der Waals surface area contributed by atoms with Crippen molar-refractivity contribution in [3.8, 4) is 0 Å². The third-order valence-electron chi connectivity index (χ3n) is 6.82. The summed E-state index contributed by atoms with van der Waals surface area (Å²) in [5.41, 5.74) is 4.04. The summed E-state index contributed by atoms with van der Waals surface area (Å²) >= 11 is 0. The highest BCUT2D eigenvalue weighted by Gasteiger charge is 2.37. The molecule has 31 heavy (non-hydrogen) atoms. The first-order valence-corrected chi connectivity index (χ1v) is 14.4. The molecule has 1 atom stereocenters. The molecular weight excluding hydrogens is 392 g/mol. The smallest absolute Gasteiger partial charge is 0.191 e. The predicted octanol–water partition coefficient (Wildman–Crippen LogP) is 8.51. The molecule has 0 spiro atoms. The predicted molar refractivity (Wildman–Crippen MR) is 139 cm³/mol. The van der Waals surface area contributed by atoms with Gasteiger partial charge in [0.2, 0.25) is 0 Å². The summed E-state index contributed by atoms with van der Waals surface area (Å²) in [7, 11) is -1.76. The van der Waals surface area contributed by atoms with Gasteiger partial charge in [0.1, 0.15) is 0 Å². The van der Waals surface area contributed by atoms with E-state index in [1.54, 1.807) is 0 Å². The van der Waals surface area contributed by atoms with Crippen molar-refractivity contribution in [3.05, 3.63) is 90.0 Å². The summed E-state index contributed by atoms with van der Waals surface area (Å²) in [5.74, 6) is 0.479. The van der Waals surface area contributed by atoms with E-state index in [0.717, 1.165) is 19.4 Å². The Morgan fingerprint density at radius 1 is 0.903 bits per heavy atom. The summed E-state index contributed by atoms with van der Waals surface area (Å²) in [6.45, 7) is 14.7. The average Bonchev–Trinajstić information content (AvgIpc) is 2.75. The van der Waals surface area contributed by atoms with Crippen LogP contribution < -0.4 is 0 Å². The van der Waals surface area contributed by atoms with Gasteiger partial charge in [-0.1, -0.05) is 93.6 Å². The van der Waals surface area contributed by atoms with E-state index in [1.807, 2.05) is 0 Å². The number of hydrogen-bond donors (Lipinski definition) is 0. The molecule has 0 amide bonds. The molecule has 0 saturated heterocycles. The second-order valence-corrected chi connectivity index (χ2v) is 15.1. The van der Waals surface area contributed by atoms with Crippen molar-refractivity contribution in [3.63, 3.8) is 0 Å². The zero-order valence-electron chi connectivity index (χ0n) is 20.1. The minimum Gasteiger partial charge on any atom is -0.417 e. The van der Waals surface area contributed by atoms with Crippen molar-refractivity contribution >= 4 is 24.7 Å². The molecule has 0 heterocycles. The first kappa shape index (κ1) is 23.5. The minimum absolute atomic E-state index is 0.237. The number of hydrogen-bond acceptors (Lipinski definition) is 1. The molecular formula is C29H38OSi. The fraction of sp³-hybridized carbons (Fsp3) is 0.379. The fourth-order valence-electron chi connectivity index (χ4n) is 3.60. The van der Waals surface area contributed by atoms with Crippen molar-refractivity contribution in [2.75, 3.05) is 6.61 Å². The highest BCUT2D eigenvalue weighted by atomic mass is 28.4. The largest absolute Gasteiger partial charge is 0.417 e. The molecule has 0 aliphatic heterocycles. The van der Waals surface area contributed by atoms with Gasteiger partial charge >= 0.3 is 0 Å². The van der Waals surface area contributed by atoms with E-state index in [-0.39, 0.29) is 5.04 Å². The maximum Gasteiger partial charge on any atom is 0.191 e. The lowest BCUT2D eigenvalue weighted by molar-refractivity contribution is 0.228. The van der Waals surface area contributed by atoms with Crippen LogP contribution in [0.15, 0.2) is 78.9 Å². The Morgan fingerprint density at radius 2 is 1.55 bits per heavy atom. The lowest BCUT2D eigenvalue weighted by Gasteiger charge is -2.37. The van der Waals surface area contributed by atoms with E-state index < -0.39 is 8.32 Å². The Hall–Kier alpha value is -2.16. The molecule has 0 aliphatic carbocycles. The normalized spacial score (nSPS) is 14.1. The number of allylic oxidation sites excluding steroid dienone is 2. The van der Waals surface area contributed by atoms with E-state index in [2.05, 4.69) is 120 Å². The summed E-state index contributed by atoms with van der Waals surface area (Å²) in [5, 5.41) is 2.83. The second-order valence-electron chi connectivity index (χ2n) is 10.3. The van der Waals surface area contributed by atoms with E-state index in [9.17, 15) is 0 Å². The van der Waals surface area contributed by atoms with Crippen molar-refractivity contribution in [1.82, 2.24) is 0 Å². The molecule has 164 valence electrons. The summed E-state index contributed by atoms with van der Waals surface area (Å²) < 4.78 is 6.63. The first-order valence-electron chi connectivity index (χ1n) is 11.5. The van der Waals surface area contributed by atoms with Crippen LogP contribution in [0, 0.1) is 5.92 Å². The van der Waals surface area contributed by atoms with Crippen LogP contribution in [0.25, 0.3) is 16.3 Å². The van der Waals surface area contributed by atoms with Gasteiger partial charge in [-0.05, 0) is 77.4 Å². The lowest BCUT2D eigenvalue weighted by Crippen LogP contribution is -2.42. The van der Waals surface area contributed by atoms with Gasteiger partial charge in [0.05, 0.1) is 0 Å². The first-order chi connectivity index (χ1) is 14.7. The number of rotatable bonds is 8. The molecule has 0 aliphatic rings. The van der Waals surface area contributed by atoms with Crippen LogP contribution in [0.5, 0.6) is 0 Å². The topological polar surface area (TPSA) is 9.23 Å². The Labute approximate surface area is 190 Å². The Morgan fingerprint density at radius 3 is 2.23 bits per heavy atom. The molecule has 3 rings (SSSR count). The number of benzene rings is 3. The molecule has 3 aromatic rings. The van der Waals surface area contributed by atoms with E-state index in [0.29, 0.717) is 5.92 Å². The number of fused-ring (bicyclic) bond motifs is 1. The summed E-state index contributed by atoms with van der Waals surface area (Å²) in [4.78, 5) is 0. The van der Waals surface area contributed by atoms with Crippen molar-refractivity contribution < 1.29 is 4.43 Å². The van der Waals surface area contributed by atoms with Gasteiger partial charge in [-0.15, -0.1) is 0 Å². The van der Waals surface area contributed by atoms with Crippen LogP contribution in [0.1, 0.15) is 45.2 Å². The molecule has 1 unspecified atom stereocenters. The molecule has 3 aromatic carbocycles. The highest BCUT2D eigenvalue weighted by Crippen LogP contribution is 2.37. The van der Waals surface area contributed by atoms with E-state index in [1.165, 1.54) is 27.5 Å². The van der Waals surface area contributed by atoms with Crippen LogP contribution >= 0.6 is 0 Å². The molecule has 0 N–H and O–H groups in total. The Balaban J connectivity index is 1.76. The maximum atomic E-state index is 6.63. The van der Waals surface area contributed by atoms with Crippen LogP contribution in [0.4, 0.5) is 0 Å². The molecule has 0 fully saturated rings. The van der Waals surface area contributed by atoms with Crippen LogP contribution in [-0.4, -0.2) is 14.9 Å². The molecule has 0 bridgehead atoms. The van der Waals surface area contributed by atoms with Crippen LogP contribution in [0.3, 0.4) is 0 Å². The summed E-state index contributed by atoms with van der Waals surface area (Å²) in [6.07, 6.45) is 4.49. The van der Waals surface area contributed by atoms with Gasteiger partial charge in [0, 0.05) is 6.61 Å². The van der Waals surface area contributed by atoms with Gasteiger partial charge in [0.25, 0.3) is 0 Å². The maximum absolute atomic E-state index is 6.63. The molecule has 0 aromatic heterocycles. The highest BCUT2D eigenvalue weighted by molar-refractivity contribution is 6.74. The minimum atomic E-state index is -1.76. The quantitative estimate of drug-likeness (QED) is 0.325. The molecule has 1 nitrogen and oxygen atoms in total. The molecule has 2 heteroatoms. The van der Waals surface area contributed by atoms with Gasteiger partial charge in [-0.3, -0.25) is 0 Å². The average molecular weight is 431 g/mol. The Kier molecular flexibility index (Phi) is 7.56. The molecule has 0 saturated carbocycles. The van der Waals surface area contributed by atoms with Crippen molar-refractivity contribution in [2.24, 2.45) is 5.92 Å². The Bertz CT molecular complexity index is 1010. The second kappa shape index (κ2) is 9.97. The molecule has 0 radical (unpaired) electrons. The lowest BCUT2D eigenvalue weighted by atomic mass is 9.94. The fourth-order valence-corrected chi connectivity index (χ4v) is 4.68. The van der Waals surface area contributed by atoms with Crippen molar-refractivity contribution in [1.29, 1.82) is 0 Å².